The zero-order chi connectivity index (χ0) is 39.9. The summed E-state index contributed by atoms with van der Waals surface area (Å²) in [5.74, 6) is -0.609. The Labute approximate surface area is 329 Å². The van der Waals surface area contributed by atoms with Gasteiger partial charge in [-0.15, -0.1) is 59.7 Å². The van der Waals surface area contributed by atoms with Crippen molar-refractivity contribution in [3.8, 4) is 44.8 Å². The molecule has 0 N–H and O–H groups in total. The van der Waals surface area contributed by atoms with E-state index in [0.717, 1.165) is 53.7 Å². The minimum atomic E-state index is -1.50. The minimum Gasteiger partial charge on any atom is -0.305 e. The number of rotatable bonds is 6. The Morgan fingerprint density at radius 3 is 2.20 bits per heavy atom. The molecule has 0 saturated carbocycles. The van der Waals surface area contributed by atoms with Gasteiger partial charge in [-0.2, -0.15) is 11.3 Å². The van der Waals surface area contributed by atoms with Gasteiger partial charge in [-0.3, -0.25) is 0 Å². The van der Waals surface area contributed by atoms with Gasteiger partial charge in [-0.05, 0) is 66.9 Å². The van der Waals surface area contributed by atoms with E-state index >= 15 is 0 Å². The van der Waals surface area contributed by atoms with Gasteiger partial charge in [0.15, 0.2) is 0 Å². The molecule has 5 aromatic carbocycles. The number of fused-ring (bicyclic) bond motifs is 3. The van der Waals surface area contributed by atoms with Gasteiger partial charge >= 0.3 is 0 Å². The molecular weight excluding hydrogens is 833 g/mol. The van der Waals surface area contributed by atoms with Gasteiger partial charge in [-0.25, -0.2) is 0 Å². The minimum absolute atomic E-state index is 0. The molecule has 5 heteroatoms. The number of hydrogen-bond acceptors (Lipinski definition) is 3. The first-order valence-electron chi connectivity index (χ1n) is 19.6. The van der Waals surface area contributed by atoms with Crippen LogP contribution in [0, 0.1) is 12.1 Å². The van der Waals surface area contributed by atoms with Crippen LogP contribution in [0.1, 0.15) is 33.5 Å². The Balaban J connectivity index is 0.000000223. The summed E-state index contributed by atoms with van der Waals surface area (Å²) >= 11 is 1.68. The quantitative estimate of drug-likeness (QED) is 0.123. The van der Waals surface area contributed by atoms with Crippen molar-refractivity contribution >= 4 is 44.8 Å². The Morgan fingerprint density at radius 1 is 0.706 bits per heavy atom. The number of hydrogen-bond donors (Lipinski definition) is 0. The van der Waals surface area contributed by atoms with Gasteiger partial charge < -0.3 is 9.97 Å². The molecule has 0 unspecified atom stereocenters. The van der Waals surface area contributed by atoms with E-state index in [0.29, 0.717) is 11.3 Å². The van der Waals surface area contributed by atoms with Crippen molar-refractivity contribution in [2.75, 3.05) is 0 Å². The number of benzene rings is 5. The van der Waals surface area contributed by atoms with Crippen LogP contribution < -0.4 is 5.19 Å². The molecule has 0 saturated heterocycles. The maximum Gasteiger partial charge on any atom is 0.0799 e. The van der Waals surface area contributed by atoms with Crippen molar-refractivity contribution in [1.29, 1.82) is 0 Å². The molecule has 0 aliphatic heterocycles. The standard InChI is InChI=1S/C29H18NS.C17H22NSi.Ir/c1-3-8-20(9-4-1)22-14-15-24-25-12-7-13-26(29(25)31-28(24)19-22)27-18-23(16-17-30-27)21-10-5-2-6-11-21;1-13(2)15-11-16(14-9-7-6-8-10-14)18-12-17(15)19(3,4)5;/h1-12,14-19H;6-9,11-13H,1-5H3;/q2*-1;/i2D,5D,6D,10D,11D;13D;. The smallest absolute Gasteiger partial charge is 0.0799 e. The molecule has 255 valence electrons. The number of thiophene rings is 1. The number of pyridine rings is 2. The molecule has 0 aliphatic carbocycles. The van der Waals surface area contributed by atoms with Crippen molar-refractivity contribution in [2.45, 2.75) is 39.4 Å². The van der Waals surface area contributed by atoms with Gasteiger partial charge in [0.2, 0.25) is 0 Å². The second kappa shape index (κ2) is 15.8. The van der Waals surface area contributed by atoms with E-state index < -0.39 is 20.0 Å². The SMILES string of the molecule is [2H]C(C)(C)c1cc(-c2[c-]cccc2)ncc1[Si](C)(C)C.[2H]c1c([2H])c([2H])c(-c2ccnc(-c3[c-]ccc4c3sc3cc(-c5ccccc5)ccc34)c2)c([2H])c1[2H].[Ir]. The second-order valence-electron chi connectivity index (χ2n) is 13.3. The molecule has 1 radical (unpaired) electrons. The molecule has 0 fully saturated rings. The molecule has 0 amide bonds. The van der Waals surface area contributed by atoms with Crippen molar-refractivity contribution in [2.24, 2.45) is 0 Å². The molecule has 0 aliphatic rings. The maximum absolute atomic E-state index is 8.44. The Morgan fingerprint density at radius 2 is 1.47 bits per heavy atom. The maximum atomic E-state index is 8.44. The largest absolute Gasteiger partial charge is 0.305 e. The summed E-state index contributed by atoms with van der Waals surface area (Å²) < 4.78 is 51.3. The van der Waals surface area contributed by atoms with Crippen molar-refractivity contribution < 1.29 is 28.3 Å². The van der Waals surface area contributed by atoms with Crippen LogP contribution in [0.2, 0.25) is 19.6 Å². The first-order valence-corrected chi connectivity index (χ1v) is 20.9. The van der Waals surface area contributed by atoms with Gasteiger partial charge in [0.05, 0.1) is 14.9 Å². The van der Waals surface area contributed by atoms with Gasteiger partial charge in [0.1, 0.15) is 0 Å². The fourth-order valence-electron chi connectivity index (χ4n) is 6.03. The molecule has 51 heavy (non-hydrogen) atoms. The topological polar surface area (TPSA) is 25.8 Å². The summed E-state index contributed by atoms with van der Waals surface area (Å²) in [6.45, 7) is 10.8. The van der Waals surface area contributed by atoms with Gasteiger partial charge in [0, 0.05) is 38.6 Å². The van der Waals surface area contributed by atoms with Crippen LogP contribution in [0.3, 0.4) is 0 Å². The summed E-state index contributed by atoms with van der Waals surface area (Å²) in [5.41, 5.74) is 7.46. The van der Waals surface area contributed by atoms with E-state index in [1.807, 2.05) is 68.6 Å². The molecule has 0 spiro atoms. The third-order valence-electron chi connectivity index (χ3n) is 8.58. The summed E-state index contributed by atoms with van der Waals surface area (Å²) in [6.07, 6.45) is 3.59. The van der Waals surface area contributed by atoms with Crippen LogP contribution in [0.5, 0.6) is 0 Å². The van der Waals surface area contributed by atoms with Crippen molar-refractivity contribution in [1.82, 2.24) is 9.97 Å². The zero-order valence-corrected chi connectivity index (χ0v) is 33.3. The number of aromatic nitrogens is 2. The van der Waals surface area contributed by atoms with E-state index in [1.54, 1.807) is 29.7 Å². The van der Waals surface area contributed by atoms with Gasteiger partial charge in [0.25, 0.3) is 0 Å². The molecule has 0 atom stereocenters. The summed E-state index contributed by atoms with van der Waals surface area (Å²) in [4.78, 5) is 9.17. The van der Waals surface area contributed by atoms with E-state index in [2.05, 4.69) is 84.2 Å². The predicted molar refractivity (Wildman–Crippen MR) is 218 cm³/mol. The van der Waals surface area contributed by atoms with Crippen LogP contribution >= 0.6 is 11.3 Å². The predicted octanol–water partition coefficient (Wildman–Crippen LogP) is 12.5. The van der Waals surface area contributed by atoms with Crippen LogP contribution in [-0.2, 0) is 20.1 Å². The summed E-state index contributed by atoms with van der Waals surface area (Å²) in [6, 6.07) is 39.1. The third kappa shape index (κ3) is 8.03. The Bertz CT molecular complexity index is 2700. The van der Waals surface area contributed by atoms with Crippen molar-refractivity contribution in [3.05, 3.63) is 163 Å². The molecule has 2 nitrogen and oxygen atoms in total. The molecule has 0 bridgehead atoms. The van der Waals surface area contributed by atoms with Gasteiger partial charge in [-0.1, -0.05) is 129 Å². The second-order valence-corrected chi connectivity index (χ2v) is 19.4. The van der Waals surface area contributed by atoms with Crippen LogP contribution in [0.25, 0.3) is 64.9 Å². The van der Waals surface area contributed by atoms with Crippen molar-refractivity contribution in [3.63, 3.8) is 0 Å². The first kappa shape index (κ1) is 29.1. The van der Waals surface area contributed by atoms with E-state index in [1.165, 1.54) is 5.19 Å². The monoisotopic (exact) mass is 879 g/mol. The fraction of sp³-hybridized carbons (Fsp3) is 0.130. The van der Waals surface area contributed by atoms with E-state index in [4.69, 9.17) is 8.22 Å². The zero-order valence-electron chi connectivity index (χ0n) is 35.1. The Kier molecular flexibility index (Phi) is 9.02. The van der Waals surface area contributed by atoms with Crippen LogP contribution in [-0.4, -0.2) is 18.0 Å². The van der Waals surface area contributed by atoms with Crippen LogP contribution in [0.15, 0.2) is 146 Å². The first-order chi connectivity index (χ1) is 26.6. The molecule has 8 rings (SSSR count). The molecule has 8 aromatic rings. The Hall–Kier alpha value is -4.51. The third-order valence-corrected chi connectivity index (χ3v) is 11.8. The molecular formula is C46H40IrN2SSi-2. The average molecular weight is 879 g/mol. The normalized spacial score (nSPS) is 13.1. The number of nitrogens with zero attached hydrogens (tertiary/aromatic N) is 2. The van der Waals surface area contributed by atoms with E-state index in [9.17, 15) is 0 Å². The van der Waals surface area contributed by atoms with Crippen LogP contribution in [0.4, 0.5) is 0 Å². The van der Waals surface area contributed by atoms with E-state index in [-0.39, 0.29) is 49.8 Å². The summed E-state index contributed by atoms with van der Waals surface area (Å²) in [7, 11) is -1.50. The average Bonchev–Trinajstić information content (AvgIpc) is 3.58. The molecule has 3 heterocycles. The summed E-state index contributed by atoms with van der Waals surface area (Å²) in [5, 5.41) is 3.54. The fourth-order valence-corrected chi connectivity index (χ4v) is 8.86. The molecule has 3 aromatic heterocycles.